The Morgan fingerprint density at radius 1 is 0.960 bits per heavy atom. The Morgan fingerprint density at radius 2 is 1.52 bits per heavy atom. The number of amides is 2. The van der Waals surface area contributed by atoms with Crippen molar-refractivity contribution >= 4 is 17.8 Å². The second-order valence-corrected chi connectivity index (χ2v) is 5.39. The fourth-order valence-electron chi connectivity index (χ4n) is 2.73. The van der Waals surface area contributed by atoms with Gasteiger partial charge in [-0.05, 0) is 29.8 Å². The van der Waals surface area contributed by atoms with Crippen LogP contribution in [-0.2, 0) is 11.0 Å². The van der Waals surface area contributed by atoms with Crippen molar-refractivity contribution in [3.63, 3.8) is 0 Å². The van der Waals surface area contributed by atoms with E-state index in [-0.39, 0.29) is 16.7 Å². The van der Waals surface area contributed by atoms with Gasteiger partial charge in [0.15, 0.2) is 6.04 Å². The number of rotatable bonds is 3. The Morgan fingerprint density at radius 3 is 2.00 bits per heavy atom. The zero-order chi connectivity index (χ0) is 18.4. The Labute approximate surface area is 139 Å². The van der Waals surface area contributed by atoms with Crippen molar-refractivity contribution in [2.24, 2.45) is 0 Å². The van der Waals surface area contributed by atoms with Gasteiger partial charge in [0.1, 0.15) is 0 Å². The van der Waals surface area contributed by atoms with Gasteiger partial charge in [-0.3, -0.25) is 14.5 Å². The molecule has 0 saturated heterocycles. The van der Waals surface area contributed by atoms with Crippen molar-refractivity contribution in [3.8, 4) is 0 Å². The molecule has 0 radical (unpaired) electrons. The highest BCUT2D eigenvalue weighted by Crippen LogP contribution is 2.35. The molecule has 1 N–H and O–H groups in total. The first-order chi connectivity index (χ1) is 11.7. The number of carbonyl (C=O) groups excluding carboxylic acids is 2. The fraction of sp³-hybridized carbons (Fsp3) is 0.118. The number of carbonyl (C=O) groups is 3. The summed E-state index contributed by atoms with van der Waals surface area (Å²) in [4.78, 5) is 37.0. The summed E-state index contributed by atoms with van der Waals surface area (Å²) >= 11 is 0. The lowest BCUT2D eigenvalue weighted by Crippen LogP contribution is -2.38. The van der Waals surface area contributed by atoms with E-state index >= 15 is 0 Å². The molecule has 5 nitrogen and oxygen atoms in total. The van der Waals surface area contributed by atoms with Gasteiger partial charge in [-0.25, -0.2) is 4.79 Å². The molecule has 128 valence electrons. The highest BCUT2D eigenvalue weighted by Gasteiger charge is 2.44. The molecule has 25 heavy (non-hydrogen) atoms. The zero-order valence-electron chi connectivity index (χ0n) is 12.4. The molecule has 1 heterocycles. The molecule has 1 atom stereocenters. The molecular formula is C17H10F3NO4. The summed E-state index contributed by atoms with van der Waals surface area (Å²) in [5.41, 5.74) is -1.33. The van der Waals surface area contributed by atoms with E-state index in [2.05, 4.69) is 0 Å². The number of carboxylic acids is 1. The van der Waals surface area contributed by atoms with Crippen LogP contribution in [0.5, 0.6) is 0 Å². The van der Waals surface area contributed by atoms with Crippen LogP contribution in [0.2, 0.25) is 0 Å². The zero-order valence-corrected chi connectivity index (χ0v) is 12.4. The third-order valence-corrected chi connectivity index (χ3v) is 3.85. The minimum Gasteiger partial charge on any atom is -0.479 e. The predicted molar refractivity (Wildman–Crippen MR) is 78.8 cm³/mol. The largest absolute Gasteiger partial charge is 0.479 e. The average molecular weight is 349 g/mol. The maximum absolute atomic E-state index is 12.9. The molecule has 0 aliphatic carbocycles. The van der Waals surface area contributed by atoms with Crippen molar-refractivity contribution in [2.75, 3.05) is 0 Å². The van der Waals surface area contributed by atoms with Crippen molar-refractivity contribution in [1.82, 2.24) is 4.90 Å². The van der Waals surface area contributed by atoms with Crippen molar-refractivity contribution in [2.45, 2.75) is 12.2 Å². The van der Waals surface area contributed by atoms with Crippen molar-refractivity contribution < 1.29 is 32.7 Å². The molecule has 0 saturated carbocycles. The van der Waals surface area contributed by atoms with Crippen LogP contribution in [0, 0.1) is 0 Å². The normalized spacial score (nSPS) is 15.2. The summed E-state index contributed by atoms with van der Waals surface area (Å²) in [7, 11) is 0. The second kappa shape index (κ2) is 5.73. The Bertz CT molecular complexity index is 856. The van der Waals surface area contributed by atoms with Gasteiger partial charge in [0.05, 0.1) is 16.7 Å². The van der Waals surface area contributed by atoms with Gasteiger partial charge in [-0.1, -0.05) is 24.3 Å². The molecule has 0 spiro atoms. The number of nitrogens with zero attached hydrogens (tertiary/aromatic N) is 1. The van der Waals surface area contributed by atoms with Crippen LogP contribution in [-0.4, -0.2) is 27.8 Å². The van der Waals surface area contributed by atoms with Crippen LogP contribution >= 0.6 is 0 Å². The number of benzene rings is 2. The third-order valence-electron chi connectivity index (χ3n) is 3.85. The quantitative estimate of drug-likeness (QED) is 0.864. The van der Waals surface area contributed by atoms with Crippen LogP contribution in [0.25, 0.3) is 0 Å². The van der Waals surface area contributed by atoms with Gasteiger partial charge in [-0.15, -0.1) is 0 Å². The topological polar surface area (TPSA) is 74.7 Å². The summed E-state index contributed by atoms with van der Waals surface area (Å²) in [5.74, 6) is -3.32. The molecular weight excluding hydrogens is 339 g/mol. The minimum atomic E-state index is -4.68. The van der Waals surface area contributed by atoms with Crippen LogP contribution in [0.4, 0.5) is 13.2 Å². The lowest BCUT2D eigenvalue weighted by Gasteiger charge is -2.23. The molecule has 8 heteroatoms. The number of hydrogen-bond donors (Lipinski definition) is 1. The number of halogens is 3. The van der Waals surface area contributed by atoms with Gasteiger partial charge in [-0.2, -0.15) is 13.2 Å². The van der Waals surface area contributed by atoms with E-state index in [1.165, 1.54) is 24.3 Å². The standard InChI is InChI=1S/C17H10F3NO4/c18-17(19,20)10-5-3-4-9(8-10)13(16(24)25)21-14(22)11-6-1-2-7-12(11)15(21)23/h1-8,13H,(H,24,25). The summed E-state index contributed by atoms with van der Waals surface area (Å²) in [6.45, 7) is 0. The van der Waals surface area contributed by atoms with Crippen LogP contribution in [0.15, 0.2) is 48.5 Å². The summed E-state index contributed by atoms with van der Waals surface area (Å²) < 4.78 is 38.6. The Balaban J connectivity index is 2.09. The molecule has 2 aromatic carbocycles. The number of alkyl halides is 3. The lowest BCUT2D eigenvalue weighted by molar-refractivity contribution is -0.142. The predicted octanol–water partition coefficient (Wildman–Crippen LogP) is 3.13. The van der Waals surface area contributed by atoms with Gasteiger partial charge >= 0.3 is 12.1 Å². The summed E-state index contributed by atoms with van der Waals surface area (Å²) in [5, 5.41) is 9.47. The smallest absolute Gasteiger partial charge is 0.416 e. The third kappa shape index (κ3) is 2.75. The maximum atomic E-state index is 12.9. The minimum absolute atomic E-state index is 0.0192. The van der Waals surface area contributed by atoms with Gasteiger partial charge in [0, 0.05) is 0 Å². The molecule has 1 aliphatic heterocycles. The lowest BCUT2D eigenvalue weighted by atomic mass is 10.0. The highest BCUT2D eigenvalue weighted by molar-refractivity contribution is 6.22. The van der Waals surface area contributed by atoms with E-state index in [0.29, 0.717) is 11.0 Å². The molecule has 0 aromatic heterocycles. The number of fused-ring (bicyclic) bond motifs is 1. The number of imide groups is 1. The molecule has 3 rings (SSSR count). The molecule has 0 bridgehead atoms. The van der Waals surface area contributed by atoms with Crippen LogP contribution in [0.3, 0.4) is 0 Å². The highest BCUT2D eigenvalue weighted by atomic mass is 19.4. The first-order valence-electron chi connectivity index (χ1n) is 7.08. The van der Waals surface area contributed by atoms with Gasteiger partial charge < -0.3 is 5.11 Å². The summed E-state index contributed by atoms with van der Waals surface area (Å²) in [6, 6.07) is 7.47. The molecule has 1 unspecified atom stereocenters. The first-order valence-corrected chi connectivity index (χ1v) is 7.08. The van der Waals surface area contributed by atoms with Crippen LogP contribution in [0.1, 0.15) is 37.9 Å². The molecule has 0 fully saturated rings. The Hall–Kier alpha value is -3.16. The monoisotopic (exact) mass is 349 g/mol. The number of hydrogen-bond acceptors (Lipinski definition) is 3. The van der Waals surface area contributed by atoms with Gasteiger partial charge in [0.25, 0.3) is 11.8 Å². The van der Waals surface area contributed by atoms with E-state index < -0.39 is 35.6 Å². The average Bonchev–Trinajstić information content (AvgIpc) is 2.80. The van der Waals surface area contributed by atoms with E-state index in [0.717, 1.165) is 18.2 Å². The van der Waals surface area contributed by atoms with Crippen molar-refractivity contribution in [3.05, 3.63) is 70.8 Å². The van der Waals surface area contributed by atoms with E-state index in [4.69, 9.17) is 0 Å². The van der Waals surface area contributed by atoms with Gasteiger partial charge in [0.2, 0.25) is 0 Å². The number of carboxylic acid groups (broad SMARTS) is 1. The SMILES string of the molecule is O=C(O)C(c1cccc(C(F)(F)F)c1)N1C(=O)c2ccccc2C1=O. The summed E-state index contributed by atoms with van der Waals surface area (Å²) in [6.07, 6.45) is -4.68. The first kappa shape index (κ1) is 16.7. The fourth-order valence-corrected chi connectivity index (χ4v) is 2.73. The van der Waals surface area contributed by atoms with E-state index in [1.54, 1.807) is 0 Å². The molecule has 1 aliphatic rings. The number of aliphatic carboxylic acids is 1. The van der Waals surface area contributed by atoms with Crippen LogP contribution < -0.4 is 0 Å². The van der Waals surface area contributed by atoms with E-state index in [1.807, 2.05) is 0 Å². The Kier molecular flexibility index (Phi) is 3.82. The van der Waals surface area contributed by atoms with E-state index in [9.17, 15) is 32.7 Å². The van der Waals surface area contributed by atoms with Crippen molar-refractivity contribution in [1.29, 1.82) is 0 Å². The molecule has 2 amide bonds. The molecule has 2 aromatic rings. The second-order valence-electron chi connectivity index (χ2n) is 5.39. The maximum Gasteiger partial charge on any atom is 0.416 e.